The first kappa shape index (κ1) is 17.7. The minimum Gasteiger partial charge on any atom is -0.441 e. The molecule has 4 heteroatoms. The first-order chi connectivity index (χ1) is 11.9. The van der Waals surface area contributed by atoms with Gasteiger partial charge in [0.15, 0.2) is 11.7 Å². The molecule has 1 aromatic carbocycles. The molecule has 0 N–H and O–H groups in total. The van der Waals surface area contributed by atoms with Gasteiger partial charge in [-0.1, -0.05) is 26.0 Å². The van der Waals surface area contributed by atoms with Crippen LogP contribution in [0.1, 0.15) is 43.7 Å². The van der Waals surface area contributed by atoms with Crippen molar-refractivity contribution in [3.8, 4) is 11.3 Å². The van der Waals surface area contributed by atoms with Crippen molar-refractivity contribution in [2.24, 2.45) is 11.8 Å². The van der Waals surface area contributed by atoms with Crippen LogP contribution in [-0.4, -0.2) is 28.9 Å². The number of piperidine rings is 1. The van der Waals surface area contributed by atoms with Crippen molar-refractivity contribution < 1.29 is 9.21 Å². The number of likely N-dealkylation sites (tertiary alicyclic amines) is 1. The van der Waals surface area contributed by atoms with Gasteiger partial charge in [0, 0.05) is 31.5 Å². The summed E-state index contributed by atoms with van der Waals surface area (Å²) in [4.78, 5) is 18.8. The number of amides is 1. The van der Waals surface area contributed by atoms with Crippen LogP contribution in [0.25, 0.3) is 11.3 Å². The molecule has 1 saturated heterocycles. The van der Waals surface area contributed by atoms with Crippen LogP contribution in [0.4, 0.5) is 0 Å². The third kappa shape index (κ3) is 4.30. The van der Waals surface area contributed by atoms with Crippen molar-refractivity contribution in [2.75, 3.05) is 13.1 Å². The summed E-state index contributed by atoms with van der Waals surface area (Å²) in [5, 5.41) is 0. The van der Waals surface area contributed by atoms with Crippen LogP contribution in [0, 0.1) is 25.7 Å². The molecule has 0 radical (unpaired) electrons. The fourth-order valence-electron chi connectivity index (χ4n) is 3.69. The zero-order valence-corrected chi connectivity index (χ0v) is 15.7. The number of nitrogens with zero attached hydrogens (tertiary/aromatic N) is 2. The number of hydrogen-bond acceptors (Lipinski definition) is 3. The van der Waals surface area contributed by atoms with Gasteiger partial charge in [-0.15, -0.1) is 0 Å². The number of oxazole rings is 1. The highest BCUT2D eigenvalue weighted by atomic mass is 16.4. The highest BCUT2D eigenvalue weighted by molar-refractivity contribution is 5.76. The Kier molecular flexibility index (Phi) is 5.26. The number of aryl methyl sites for hydroxylation is 3. The molecule has 1 fully saturated rings. The van der Waals surface area contributed by atoms with Crippen molar-refractivity contribution in [3.63, 3.8) is 0 Å². The molecule has 4 nitrogen and oxygen atoms in total. The van der Waals surface area contributed by atoms with Gasteiger partial charge >= 0.3 is 0 Å². The largest absolute Gasteiger partial charge is 0.441 e. The van der Waals surface area contributed by atoms with E-state index >= 15 is 0 Å². The van der Waals surface area contributed by atoms with Crippen LogP contribution < -0.4 is 0 Å². The maximum Gasteiger partial charge on any atom is 0.223 e. The van der Waals surface area contributed by atoms with E-state index in [0.717, 1.165) is 24.4 Å². The Bertz CT molecular complexity index is 740. The van der Waals surface area contributed by atoms with Gasteiger partial charge in [0.25, 0.3) is 0 Å². The summed E-state index contributed by atoms with van der Waals surface area (Å²) >= 11 is 0. The van der Waals surface area contributed by atoms with E-state index in [1.807, 2.05) is 11.0 Å². The van der Waals surface area contributed by atoms with Crippen LogP contribution in [0.3, 0.4) is 0 Å². The fourth-order valence-corrected chi connectivity index (χ4v) is 3.69. The number of carbonyl (C=O) groups is 1. The summed E-state index contributed by atoms with van der Waals surface area (Å²) in [6.07, 6.45) is 3.99. The third-order valence-corrected chi connectivity index (χ3v) is 5.12. The zero-order chi connectivity index (χ0) is 18.0. The number of hydrogen-bond donors (Lipinski definition) is 0. The first-order valence-electron chi connectivity index (χ1n) is 9.22. The highest BCUT2D eigenvalue weighted by Crippen LogP contribution is 2.24. The second kappa shape index (κ2) is 7.42. The summed E-state index contributed by atoms with van der Waals surface area (Å²) in [5.74, 6) is 2.80. The molecule has 1 aliphatic rings. The van der Waals surface area contributed by atoms with Crippen molar-refractivity contribution in [3.05, 3.63) is 41.4 Å². The fraction of sp³-hybridized carbons (Fsp3) is 0.524. The average molecular weight is 340 g/mol. The van der Waals surface area contributed by atoms with E-state index in [1.165, 1.54) is 17.5 Å². The summed E-state index contributed by atoms with van der Waals surface area (Å²) < 4.78 is 5.86. The molecule has 2 heterocycles. The van der Waals surface area contributed by atoms with Crippen molar-refractivity contribution >= 4 is 5.91 Å². The Labute approximate surface area is 150 Å². The maximum atomic E-state index is 12.5. The molecule has 0 bridgehead atoms. The molecule has 0 saturated carbocycles. The zero-order valence-electron chi connectivity index (χ0n) is 15.7. The van der Waals surface area contributed by atoms with Gasteiger partial charge in [0.05, 0.1) is 6.20 Å². The van der Waals surface area contributed by atoms with E-state index in [4.69, 9.17) is 4.42 Å². The molecule has 1 aliphatic heterocycles. The SMILES string of the molecule is Cc1ccc(-c2cnc(CCC(=O)N3C[C@H](C)C[C@@H](C)C3)o2)cc1C. The number of rotatable bonds is 4. The van der Waals surface area contributed by atoms with Gasteiger partial charge in [-0.3, -0.25) is 4.79 Å². The summed E-state index contributed by atoms with van der Waals surface area (Å²) in [7, 11) is 0. The Morgan fingerprint density at radius 1 is 1.20 bits per heavy atom. The minimum atomic E-state index is 0.212. The molecular formula is C21H28N2O2. The highest BCUT2D eigenvalue weighted by Gasteiger charge is 2.25. The van der Waals surface area contributed by atoms with Crippen molar-refractivity contribution in [1.82, 2.24) is 9.88 Å². The second-order valence-corrected chi connectivity index (χ2v) is 7.66. The van der Waals surface area contributed by atoms with Gasteiger partial charge in [-0.2, -0.15) is 0 Å². The summed E-state index contributed by atoms with van der Waals surface area (Å²) in [5.41, 5.74) is 3.53. The summed E-state index contributed by atoms with van der Waals surface area (Å²) in [6, 6.07) is 6.25. The predicted octanol–water partition coefficient (Wildman–Crippen LogP) is 4.40. The molecule has 2 atom stereocenters. The van der Waals surface area contributed by atoms with Gasteiger partial charge in [0.2, 0.25) is 5.91 Å². The van der Waals surface area contributed by atoms with Gasteiger partial charge < -0.3 is 9.32 Å². The molecule has 1 amide bonds. The Morgan fingerprint density at radius 3 is 2.60 bits per heavy atom. The molecule has 0 aliphatic carbocycles. The lowest BCUT2D eigenvalue weighted by atomic mass is 9.91. The number of aromatic nitrogens is 1. The van der Waals surface area contributed by atoms with Crippen LogP contribution in [0.5, 0.6) is 0 Å². The summed E-state index contributed by atoms with van der Waals surface area (Å²) in [6.45, 7) is 10.4. The maximum absolute atomic E-state index is 12.5. The quantitative estimate of drug-likeness (QED) is 0.829. The lowest BCUT2D eigenvalue weighted by molar-refractivity contribution is -0.133. The predicted molar refractivity (Wildman–Crippen MR) is 99.3 cm³/mol. The van der Waals surface area contributed by atoms with Crippen LogP contribution in [0.2, 0.25) is 0 Å². The van der Waals surface area contributed by atoms with Crippen molar-refractivity contribution in [2.45, 2.75) is 47.0 Å². The van der Waals surface area contributed by atoms with Crippen LogP contribution >= 0.6 is 0 Å². The van der Waals surface area contributed by atoms with E-state index in [1.54, 1.807) is 6.20 Å². The van der Waals surface area contributed by atoms with Gasteiger partial charge in [-0.25, -0.2) is 4.98 Å². The molecule has 2 aromatic rings. The van der Waals surface area contributed by atoms with E-state index in [0.29, 0.717) is 30.6 Å². The Morgan fingerprint density at radius 2 is 1.92 bits per heavy atom. The number of carbonyl (C=O) groups excluding carboxylic acids is 1. The van der Waals surface area contributed by atoms with Gasteiger partial charge in [-0.05, 0) is 49.3 Å². The molecule has 0 unspecified atom stereocenters. The average Bonchev–Trinajstić information content (AvgIpc) is 3.03. The van der Waals surface area contributed by atoms with Crippen molar-refractivity contribution in [1.29, 1.82) is 0 Å². The van der Waals surface area contributed by atoms with Gasteiger partial charge in [0.1, 0.15) is 0 Å². The van der Waals surface area contributed by atoms with Crippen LogP contribution in [-0.2, 0) is 11.2 Å². The molecular weight excluding hydrogens is 312 g/mol. The van der Waals surface area contributed by atoms with Crippen LogP contribution in [0.15, 0.2) is 28.8 Å². The Balaban J connectivity index is 1.60. The second-order valence-electron chi connectivity index (χ2n) is 7.66. The molecule has 134 valence electrons. The lowest BCUT2D eigenvalue weighted by Crippen LogP contribution is -2.42. The number of benzene rings is 1. The normalized spacial score (nSPS) is 20.7. The topological polar surface area (TPSA) is 46.3 Å². The van der Waals surface area contributed by atoms with E-state index in [9.17, 15) is 4.79 Å². The standard InChI is InChI=1S/C21H28N2O2/c1-14-9-15(2)13-23(12-14)21(24)8-7-20-22-11-19(25-20)18-6-5-16(3)17(4)10-18/h5-6,10-11,14-15H,7-9,12-13H2,1-4H3/t14-,15-/m1/s1. The smallest absolute Gasteiger partial charge is 0.223 e. The van der Waals surface area contributed by atoms with E-state index < -0.39 is 0 Å². The molecule has 0 spiro atoms. The molecule has 25 heavy (non-hydrogen) atoms. The molecule has 1 aromatic heterocycles. The van der Waals surface area contributed by atoms with E-state index in [-0.39, 0.29) is 5.91 Å². The lowest BCUT2D eigenvalue weighted by Gasteiger charge is -2.35. The minimum absolute atomic E-state index is 0.212. The monoisotopic (exact) mass is 340 g/mol. The molecule has 3 rings (SSSR count). The first-order valence-corrected chi connectivity index (χ1v) is 9.22. The van der Waals surface area contributed by atoms with E-state index in [2.05, 4.69) is 44.8 Å². The Hall–Kier alpha value is -2.10. The third-order valence-electron chi connectivity index (χ3n) is 5.12.